The Kier molecular flexibility index (Phi) is 3.80. The molecule has 4 N–H and O–H groups in total. The van der Waals surface area contributed by atoms with Crippen LogP contribution in [0.3, 0.4) is 0 Å². The summed E-state index contributed by atoms with van der Waals surface area (Å²) >= 11 is 0. The van der Waals surface area contributed by atoms with Crippen LogP contribution in [0.1, 0.15) is 25.5 Å². The third-order valence-corrected chi connectivity index (χ3v) is 4.09. The van der Waals surface area contributed by atoms with Crippen LogP contribution in [0.15, 0.2) is 12.7 Å². The molecule has 0 bridgehead atoms. The van der Waals surface area contributed by atoms with Crippen molar-refractivity contribution in [2.75, 3.05) is 11.9 Å². The van der Waals surface area contributed by atoms with Gasteiger partial charge in [0, 0.05) is 6.16 Å². The van der Waals surface area contributed by atoms with Gasteiger partial charge >= 0.3 is 0 Å². The minimum Gasteiger partial charge on any atom is -0.382 e. The van der Waals surface area contributed by atoms with E-state index >= 15 is 0 Å². The molecular weight excluding hydrogens is 281 g/mol. The number of nitrogens with two attached hydrogens (primary N) is 1. The lowest BCUT2D eigenvalue weighted by Gasteiger charge is -2.15. The highest BCUT2D eigenvalue weighted by Gasteiger charge is 2.28. The zero-order valence-corrected chi connectivity index (χ0v) is 11.6. The summed E-state index contributed by atoms with van der Waals surface area (Å²) in [5.74, 6) is 0.356. The fraction of sp³-hybridized carbons (Fsp3) is 0.545. The topological polar surface area (TPSA) is 119 Å². The van der Waals surface area contributed by atoms with Crippen LogP contribution in [0, 0.1) is 0 Å². The van der Waals surface area contributed by atoms with E-state index in [9.17, 15) is 0 Å². The maximum atomic E-state index is 8.95. The van der Waals surface area contributed by atoms with Gasteiger partial charge in [0.05, 0.1) is 12.4 Å². The van der Waals surface area contributed by atoms with Crippen molar-refractivity contribution in [1.82, 2.24) is 19.5 Å². The van der Waals surface area contributed by atoms with Crippen LogP contribution >= 0.6 is 8.38 Å². The number of ether oxygens (including phenoxy) is 1. The van der Waals surface area contributed by atoms with Gasteiger partial charge in [0.1, 0.15) is 18.1 Å². The second-order valence-electron chi connectivity index (χ2n) is 4.76. The molecular formula is C11H16N5O3P. The summed E-state index contributed by atoms with van der Waals surface area (Å²) < 4.78 is 7.77. The van der Waals surface area contributed by atoms with E-state index in [1.54, 1.807) is 6.33 Å². The van der Waals surface area contributed by atoms with Gasteiger partial charge in [-0.3, -0.25) is 4.57 Å². The molecule has 2 aromatic rings. The van der Waals surface area contributed by atoms with Crippen molar-refractivity contribution in [2.45, 2.75) is 31.6 Å². The van der Waals surface area contributed by atoms with E-state index in [1.807, 2.05) is 4.57 Å². The average molecular weight is 297 g/mol. The Morgan fingerprint density at radius 2 is 2.20 bits per heavy atom. The number of hydrogen-bond donors (Lipinski definition) is 3. The fourth-order valence-electron chi connectivity index (χ4n) is 2.44. The molecule has 2 unspecified atom stereocenters. The highest BCUT2D eigenvalue weighted by molar-refractivity contribution is 7.45. The van der Waals surface area contributed by atoms with Crippen molar-refractivity contribution in [1.29, 1.82) is 0 Å². The fourth-order valence-corrected chi connectivity index (χ4v) is 2.96. The first-order valence-electron chi connectivity index (χ1n) is 6.39. The van der Waals surface area contributed by atoms with Crippen molar-refractivity contribution in [3.8, 4) is 0 Å². The smallest absolute Gasteiger partial charge is 0.167 e. The predicted molar refractivity (Wildman–Crippen MR) is 73.7 cm³/mol. The predicted octanol–water partition coefficient (Wildman–Crippen LogP) is 0.773. The van der Waals surface area contributed by atoms with Crippen LogP contribution in [0.4, 0.5) is 5.82 Å². The maximum Gasteiger partial charge on any atom is 0.167 e. The lowest BCUT2D eigenvalue weighted by Crippen LogP contribution is -2.12. The van der Waals surface area contributed by atoms with Crippen LogP contribution in [-0.2, 0) is 4.74 Å². The Hall–Kier alpha value is -1.34. The van der Waals surface area contributed by atoms with Gasteiger partial charge in [-0.05, 0) is 19.3 Å². The molecule has 2 aromatic heterocycles. The lowest BCUT2D eigenvalue weighted by molar-refractivity contribution is 0.00301. The second-order valence-corrected chi connectivity index (χ2v) is 5.95. The first-order valence-corrected chi connectivity index (χ1v) is 7.82. The first kappa shape index (κ1) is 13.6. The summed E-state index contributed by atoms with van der Waals surface area (Å²) in [5.41, 5.74) is 6.99. The number of anilines is 1. The van der Waals surface area contributed by atoms with Crippen LogP contribution in [0.25, 0.3) is 11.2 Å². The zero-order chi connectivity index (χ0) is 14.1. The van der Waals surface area contributed by atoms with Crippen molar-refractivity contribution in [2.24, 2.45) is 0 Å². The van der Waals surface area contributed by atoms with Gasteiger partial charge in [-0.15, -0.1) is 0 Å². The molecule has 3 rings (SSSR count). The Bertz CT molecular complexity index is 605. The SMILES string of the molecule is Nc1ncnc2c1ncn2C1CCC(CCP(O)O)O1. The Morgan fingerprint density at radius 3 is 3.00 bits per heavy atom. The molecule has 8 nitrogen and oxygen atoms in total. The molecule has 0 aliphatic carbocycles. The van der Waals surface area contributed by atoms with E-state index in [1.165, 1.54) is 6.33 Å². The van der Waals surface area contributed by atoms with Gasteiger partial charge in [0.25, 0.3) is 0 Å². The summed E-state index contributed by atoms with van der Waals surface area (Å²) in [7, 11) is -1.84. The number of rotatable bonds is 4. The van der Waals surface area contributed by atoms with Gasteiger partial charge in [0.2, 0.25) is 0 Å². The summed E-state index contributed by atoms with van der Waals surface area (Å²) in [4.78, 5) is 30.2. The number of fused-ring (bicyclic) bond motifs is 1. The van der Waals surface area contributed by atoms with E-state index in [2.05, 4.69) is 15.0 Å². The summed E-state index contributed by atoms with van der Waals surface area (Å²) in [6.07, 6.45) is 5.73. The van der Waals surface area contributed by atoms with Crippen molar-refractivity contribution in [3.63, 3.8) is 0 Å². The molecule has 1 aliphatic rings. The quantitative estimate of drug-likeness (QED) is 0.713. The van der Waals surface area contributed by atoms with Crippen molar-refractivity contribution >= 4 is 25.4 Å². The number of nitrogen functional groups attached to an aromatic ring is 1. The molecule has 108 valence electrons. The molecule has 9 heteroatoms. The first-order chi connectivity index (χ1) is 9.65. The van der Waals surface area contributed by atoms with Gasteiger partial charge in [-0.2, -0.15) is 0 Å². The van der Waals surface area contributed by atoms with E-state index in [4.69, 9.17) is 20.3 Å². The molecule has 20 heavy (non-hydrogen) atoms. The summed E-state index contributed by atoms with van der Waals surface area (Å²) in [5, 5.41) is 0. The molecule has 0 radical (unpaired) electrons. The second kappa shape index (κ2) is 5.57. The summed E-state index contributed by atoms with van der Waals surface area (Å²) in [6, 6.07) is 0. The highest BCUT2D eigenvalue weighted by Crippen LogP contribution is 2.34. The van der Waals surface area contributed by atoms with Crippen LogP contribution in [-0.4, -0.2) is 41.6 Å². The summed E-state index contributed by atoms with van der Waals surface area (Å²) in [6.45, 7) is 0. The average Bonchev–Trinajstić information content (AvgIpc) is 3.02. The third kappa shape index (κ3) is 2.60. The molecule has 0 amide bonds. The van der Waals surface area contributed by atoms with Gasteiger partial charge in [0.15, 0.2) is 19.8 Å². The number of aromatic nitrogens is 4. The molecule has 1 aliphatic heterocycles. The number of imidazole rings is 1. The minimum atomic E-state index is -1.84. The largest absolute Gasteiger partial charge is 0.382 e. The molecule has 1 saturated heterocycles. The van der Waals surface area contributed by atoms with Gasteiger partial charge < -0.3 is 20.3 Å². The number of nitrogens with zero attached hydrogens (tertiary/aromatic N) is 4. The molecule has 3 heterocycles. The minimum absolute atomic E-state index is 0.0425. The van der Waals surface area contributed by atoms with E-state index in [0.717, 1.165) is 12.8 Å². The standard InChI is InChI=1S/C11H16N5O3P/c12-10-9-11(14-5-13-10)16(6-15-9)8-2-1-7(19-8)3-4-20(17)18/h5-8,17-18H,1-4H2,(H2,12,13,14). The normalized spacial score (nSPS) is 22.9. The number of hydrogen-bond acceptors (Lipinski definition) is 7. The van der Waals surface area contributed by atoms with Gasteiger partial charge in [-0.25, -0.2) is 15.0 Å². The van der Waals surface area contributed by atoms with E-state index < -0.39 is 8.38 Å². The Labute approximate surface area is 116 Å². The molecule has 2 atom stereocenters. The molecule has 0 saturated carbocycles. The molecule has 1 fully saturated rings. The Morgan fingerprint density at radius 1 is 1.35 bits per heavy atom. The highest BCUT2D eigenvalue weighted by atomic mass is 31.2. The monoisotopic (exact) mass is 297 g/mol. The Balaban J connectivity index is 1.75. The zero-order valence-electron chi connectivity index (χ0n) is 10.8. The van der Waals surface area contributed by atoms with Crippen molar-refractivity contribution in [3.05, 3.63) is 12.7 Å². The van der Waals surface area contributed by atoms with Crippen LogP contribution in [0.5, 0.6) is 0 Å². The lowest BCUT2D eigenvalue weighted by atomic mass is 10.2. The van der Waals surface area contributed by atoms with E-state index in [-0.39, 0.29) is 12.3 Å². The van der Waals surface area contributed by atoms with Crippen LogP contribution in [0.2, 0.25) is 0 Å². The molecule has 0 spiro atoms. The van der Waals surface area contributed by atoms with Crippen LogP contribution < -0.4 is 5.73 Å². The molecule has 0 aromatic carbocycles. The van der Waals surface area contributed by atoms with Crippen molar-refractivity contribution < 1.29 is 14.5 Å². The van der Waals surface area contributed by atoms with E-state index in [0.29, 0.717) is 29.6 Å². The van der Waals surface area contributed by atoms with Gasteiger partial charge in [-0.1, -0.05) is 0 Å². The maximum absolute atomic E-state index is 8.95. The third-order valence-electron chi connectivity index (χ3n) is 3.43.